The first kappa shape index (κ1) is 19.6. The third-order valence-corrected chi connectivity index (χ3v) is 3.58. The van der Waals surface area contributed by atoms with Gasteiger partial charge in [-0.25, -0.2) is 0 Å². The Morgan fingerprint density at radius 2 is 1.74 bits per heavy atom. The Balaban J connectivity index is 3.13. The molecule has 2 nitrogen and oxygen atoms in total. The number of benzene rings is 1. The van der Waals surface area contributed by atoms with Crippen LogP contribution in [0, 0.1) is 0 Å². The van der Waals surface area contributed by atoms with Crippen LogP contribution in [0.25, 0.3) is 0 Å². The number of alkyl halides is 3. The summed E-state index contributed by atoms with van der Waals surface area (Å²) in [6.45, 7) is 3.46. The van der Waals surface area contributed by atoms with E-state index in [-0.39, 0.29) is 18.6 Å². The quantitative estimate of drug-likeness (QED) is 0.475. The first-order valence-electron chi connectivity index (χ1n) is 8.07. The van der Waals surface area contributed by atoms with Gasteiger partial charge in [-0.05, 0) is 25.3 Å². The summed E-state index contributed by atoms with van der Waals surface area (Å²) >= 11 is 0. The van der Waals surface area contributed by atoms with E-state index in [0.29, 0.717) is 12.0 Å². The fraction of sp³-hybridized carbons (Fsp3) is 0.556. The number of ether oxygens (including phenoxy) is 1. The lowest BCUT2D eigenvalue weighted by atomic mass is 9.95. The van der Waals surface area contributed by atoms with Crippen molar-refractivity contribution in [3.05, 3.63) is 47.2 Å². The number of halogens is 3. The molecular formula is C18H25F3O2. The van der Waals surface area contributed by atoms with Crippen LogP contribution in [0.3, 0.4) is 0 Å². The van der Waals surface area contributed by atoms with E-state index < -0.39 is 18.0 Å². The Kier molecular flexibility index (Phi) is 8.17. The molecule has 0 spiro atoms. The number of hydrogen-bond acceptors (Lipinski definition) is 2. The van der Waals surface area contributed by atoms with Crippen molar-refractivity contribution in [2.75, 3.05) is 6.61 Å². The highest BCUT2D eigenvalue weighted by Crippen LogP contribution is 2.37. The number of aliphatic hydroxyl groups is 1. The van der Waals surface area contributed by atoms with Gasteiger partial charge in [-0.15, -0.1) is 0 Å². The molecule has 1 aromatic carbocycles. The lowest BCUT2D eigenvalue weighted by Gasteiger charge is -2.22. The minimum atomic E-state index is -4.61. The summed E-state index contributed by atoms with van der Waals surface area (Å²) < 4.78 is 44.8. The molecule has 0 aliphatic rings. The van der Waals surface area contributed by atoms with Crippen molar-refractivity contribution in [2.45, 2.75) is 58.2 Å². The molecule has 5 heteroatoms. The summed E-state index contributed by atoms with van der Waals surface area (Å²) in [7, 11) is 0. The smallest absolute Gasteiger partial charge is 0.448 e. The molecule has 0 amide bonds. The monoisotopic (exact) mass is 330 g/mol. The van der Waals surface area contributed by atoms with Gasteiger partial charge >= 0.3 is 6.18 Å². The van der Waals surface area contributed by atoms with E-state index in [1.54, 1.807) is 30.3 Å². The summed E-state index contributed by atoms with van der Waals surface area (Å²) in [6, 6.07) is 8.39. The molecule has 0 aromatic heterocycles. The van der Waals surface area contributed by atoms with Crippen molar-refractivity contribution in [3.8, 4) is 0 Å². The Hall–Kier alpha value is -1.49. The van der Waals surface area contributed by atoms with Gasteiger partial charge in [0.05, 0.1) is 6.61 Å². The maximum absolute atomic E-state index is 13.3. The van der Waals surface area contributed by atoms with Crippen molar-refractivity contribution in [1.82, 2.24) is 0 Å². The molecule has 1 aromatic rings. The second-order valence-electron chi connectivity index (χ2n) is 5.41. The van der Waals surface area contributed by atoms with Crippen molar-refractivity contribution in [2.24, 2.45) is 0 Å². The maximum Gasteiger partial charge on any atom is 0.448 e. The molecular weight excluding hydrogens is 305 g/mol. The summed E-state index contributed by atoms with van der Waals surface area (Å²) in [5, 5.41) is 10.5. The van der Waals surface area contributed by atoms with E-state index in [9.17, 15) is 18.3 Å². The SMILES string of the molecule is CCCCCC/C(=C(/OCC)C(F)(F)F)C(O)c1ccccc1. The zero-order chi connectivity index (χ0) is 17.3. The summed E-state index contributed by atoms with van der Waals surface area (Å²) in [6.07, 6.45) is -2.35. The number of hydrogen-bond donors (Lipinski definition) is 1. The number of aliphatic hydroxyl groups excluding tert-OH is 1. The molecule has 0 saturated heterocycles. The highest BCUT2D eigenvalue weighted by atomic mass is 19.4. The van der Waals surface area contributed by atoms with Crippen LogP contribution in [0.5, 0.6) is 0 Å². The molecule has 0 aliphatic heterocycles. The molecule has 0 fully saturated rings. The Morgan fingerprint density at radius 3 is 2.26 bits per heavy atom. The number of unbranched alkanes of at least 4 members (excludes halogenated alkanes) is 3. The van der Waals surface area contributed by atoms with Crippen molar-refractivity contribution in [3.63, 3.8) is 0 Å². The Labute approximate surface area is 136 Å². The van der Waals surface area contributed by atoms with Gasteiger partial charge in [0, 0.05) is 5.57 Å². The number of allylic oxidation sites excluding steroid dienone is 1. The van der Waals surface area contributed by atoms with E-state index in [1.807, 2.05) is 6.92 Å². The summed E-state index contributed by atoms with van der Waals surface area (Å²) in [4.78, 5) is 0. The second kappa shape index (κ2) is 9.60. The van der Waals surface area contributed by atoms with Crippen LogP contribution in [-0.2, 0) is 4.74 Å². The fourth-order valence-corrected chi connectivity index (χ4v) is 2.45. The molecule has 130 valence electrons. The minimum Gasteiger partial charge on any atom is -0.489 e. The Bertz CT molecular complexity index is 481. The van der Waals surface area contributed by atoms with Gasteiger partial charge in [-0.2, -0.15) is 13.2 Å². The van der Waals surface area contributed by atoms with Crippen molar-refractivity contribution >= 4 is 0 Å². The molecule has 1 rings (SSSR count). The van der Waals surface area contributed by atoms with Crippen molar-refractivity contribution < 1.29 is 23.0 Å². The van der Waals surface area contributed by atoms with Gasteiger partial charge < -0.3 is 9.84 Å². The lowest BCUT2D eigenvalue weighted by molar-refractivity contribution is -0.133. The fourth-order valence-electron chi connectivity index (χ4n) is 2.45. The van der Waals surface area contributed by atoms with E-state index in [0.717, 1.165) is 19.3 Å². The van der Waals surface area contributed by atoms with Gasteiger partial charge in [0.1, 0.15) is 6.10 Å². The Morgan fingerprint density at radius 1 is 1.09 bits per heavy atom. The zero-order valence-electron chi connectivity index (χ0n) is 13.7. The van der Waals surface area contributed by atoms with E-state index >= 15 is 0 Å². The first-order valence-corrected chi connectivity index (χ1v) is 8.07. The predicted octanol–water partition coefficient (Wildman–Crippen LogP) is 5.54. The second-order valence-corrected chi connectivity index (χ2v) is 5.41. The van der Waals surface area contributed by atoms with Gasteiger partial charge in [0.2, 0.25) is 5.76 Å². The molecule has 0 bridgehead atoms. The third kappa shape index (κ3) is 6.26. The highest BCUT2D eigenvalue weighted by molar-refractivity contribution is 5.29. The van der Waals surface area contributed by atoms with Gasteiger partial charge in [0.15, 0.2) is 0 Å². The molecule has 0 aliphatic carbocycles. The van der Waals surface area contributed by atoms with Crippen LogP contribution in [0.2, 0.25) is 0 Å². The topological polar surface area (TPSA) is 29.5 Å². The largest absolute Gasteiger partial charge is 0.489 e. The van der Waals surface area contributed by atoms with Gasteiger partial charge in [-0.1, -0.05) is 56.5 Å². The minimum absolute atomic E-state index is 0.0818. The van der Waals surface area contributed by atoms with Crippen LogP contribution in [0.1, 0.15) is 57.6 Å². The summed E-state index contributed by atoms with van der Waals surface area (Å²) in [5.74, 6) is -1.05. The zero-order valence-corrected chi connectivity index (χ0v) is 13.7. The molecule has 0 saturated carbocycles. The van der Waals surface area contributed by atoms with Gasteiger partial charge in [0.25, 0.3) is 0 Å². The molecule has 1 atom stereocenters. The van der Waals surface area contributed by atoms with Crippen molar-refractivity contribution in [1.29, 1.82) is 0 Å². The molecule has 1 N–H and O–H groups in total. The van der Waals surface area contributed by atoms with Gasteiger partial charge in [-0.3, -0.25) is 0 Å². The molecule has 23 heavy (non-hydrogen) atoms. The average molecular weight is 330 g/mol. The summed E-state index contributed by atoms with van der Waals surface area (Å²) in [5.41, 5.74) is 0.362. The van der Waals surface area contributed by atoms with E-state index in [2.05, 4.69) is 0 Å². The average Bonchev–Trinajstić information content (AvgIpc) is 2.53. The normalized spacial score (nSPS) is 14.3. The van der Waals surface area contributed by atoms with Crippen LogP contribution < -0.4 is 0 Å². The lowest BCUT2D eigenvalue weighted by Crippen LogP contribution is -2.20. The van der Waals surface area contributed by atoms with E-state index in [1.165, 1.54) is 6.92 Å². The number of rotatable bonds is 9. The standard InChI is InChI=1S/C18H25F3O2/c1-3-5-6-10-13-15(17(23-4-2)18(19,20)21)16(22)14-11-8-7-9-12-14/h7-9,11-12,16,22H,3-6,10,13H2,1-2H3/b17-15-. The van der Waals surface area contributed by atoms with Crippen LogP contribution >= 0.6 is 0 Å². The van der Waals surface area contributed by atoms with Crippen LogP contribution in [0.4, 0.5) is 13.2 Å². The maximum atomic E-state index is 13.3. The molecule has 0 radical (unpaired) electrons. The van der Waals surface area contributed by atoms with Crippen LogP contribution in [-0.4, -0.2) is 17.9 Å². The highest BCUT2D eigenvalue weighted by Gasteiger charge is 2.40. The third-order valence-electron chi connectivity index (χ3n) is 3.58. The van der Waals surface area contributed by atoms with E-state index in [4.69, 9.17) is 4.74 Å². The molecule has 1 unspecified atom stereocenters. The first-order chi connectivity index (χ1) is 10.9. The molecule has 0 heterocycles. The predicted molar refractivity (Wildman–Crippen MR) is 84.9 cm³/mol. The van der Waals surface area contributed by atoms with Crippen LogP contribution in [0.15, 0.2) is 41.7 Å².